The number of primary amides is 1. The molecule has 0 aliphatic rings. The average molecular weight is 483 g/mol. The number of fused-ring (bicyclic) bond motifs is 2. The third kappa shape index (κ3) is 3.64. The summed E-state index contributed by atoms with van der Waals surface area (Å²) in [5.74, 6) is -0.792. The summed E-state index contributed by atoms with van der Waals surface area (Å²) in [6.45, 7) is 3.97. The van der Waals surface area contributed by atoms with Crippen molar-refractivity contribution in [1.29, 1.82) is 5.26 Å². The maximum absolute atomic E-state index is 13.9. The van der Waals surface area contributed by atoms with Crippen molar-refractivity contribution in [2.45, 2.75) is 25.7 Å². The highest BCUT2D eigenvalue weighted by molar-refractivity contribution is 6.06. The van der Waals surface area contributed by atoms with Crippen LogP contribution in [0.5, 0.6) is 5.88 Å². The van der Waals surface area contributed by atoms with Crippen molar-refractivity contribution >= 4 is 27.7 Å². The van der Waals surface area contributed by atoms with E-state index >= 15 is 0 Å². The number of aromatic nitrogens is 4. The molecule has 5 aromatic rings. The number of hydrogen-bond donors (Lipinski definition) is 2. The Balaban J connectivity index is 1.99. The van der Waals surface area contributed by atoms with Crippen molar-refractivity contribution in [2.75, 3.05) is 7.11 Å². The number of halogens is 1. The first-order chi connectivity index (χ1) is 17.2. The van der Waals surface area contributed by atoms with Crippen molar-refractivity contribution < 1.29 is 13.9 Å². The molecule has 36 heavy (non-hydrogen) atoms. The topological polar surface area (TPSA) is 123 Å². The van der Waals surface area contributed by atoms with Gasteiger partial charge in [-0.2, -0.15) is 10.4 Å². The van der Waals surface area contributed by atoms with Crippen LogP contribution in [0.2, 0.25) is 0 Å². The highest BCUT2D eigenvalue weighted by atomic mass is 19.1. The van der Waals surface area contributed by atoms with E-state index in [4.69, 9.17) is 10.5 Å². The Bertz CT molecular complexity index is 1680. The molecule has 2 aromatic carbocycles. The van der Waals surface area contributed by atoms with E-state index in [1.54, 1.807) is 30.5 Å². The fraction of sp³-hybridized carbons (Fsp3) is 0.185. The number of rotatable bonds is 6. The summed E-state index contributed by atoms with van der Waals surface area (Å²) in [5, 5.41) is 18.6. The quantitative estimate of drug-likeness (QED) is 0.352. The second-order valence-corrected chi connectivity index (χ2v) is 9.20. The number of H-pyrrole nitrogens is 1. The number of hydrogen-bond acceptors (Lipinski definition) is 5. The molecule has 0 aliphatic heterocycles. The standard InChI is InChI=1S/C27H23FN6O2/c1-27(2,10-11-29)24-23(18-8-9-20(25(30)35)32-26(18)36-3)19-13-21-15(14-31-33-21)12-22(19)34(24)17-6-4-16(28)5-7-17/h4-9,12-14H,10H2,1-3H3,(H2,30,35)(H,31,33). The van der Waals surface area contributed by atoms with Crippen LogP contribution in [0.3, 0.4) is 0 Å². The minimum absolute atomic E-state index is 0.0756. The van der Waals surface area contributed by atoms with E-state index < -0.39 is 11.3 Å². The molecule has 0 radical (unpaired) electrons. The van der Waals surface area contributed by atoms with Gasteiger partial charge in [0.2, 0.25) is 5.88 Å². The van der Waals surface area contributed by atoms with E-state index in [0.29, 0.717) is 5.56 Å². The molecule has 0 atom stereocenters. The number of nitrogens with two attached hydrogens (primary N) is 1. The van der Waals surface area contributed by atoms with Gasteiger partial charge in [0.25, 0.3) is 5.91 Å². The summed E-state index contributed by atoms with van der Waals surface area (Å²) in [4.78, 5) is 16.1. The van der Waals surface area contributed by atoms with E-state index in [1.807, 2.05) is 30.5 Å². The lowest BCUT2D eigenvalue weighted by atomic mass is 9.82. The lowest BCUT2D eigenvalue weighted by molar-refractivity contribution is 0.0994. The zero-order chi connectivity index (χ0) is 25.6. The molecule has 3 heterocycles. The Kier molecular flexibility index (Phi) is 5.44. The molecule has 0 bridgehead atoms. The van der Waals surface area contributed by atoms with Crippen LogP contribution in [0, 0.1) is 17.1 Å². The number of carbonyl (C=O) groups is 1. The number of methoxy groups -OCH3 is 1. The van der Waals surface area contributed by atoms with Gasteiger partial charge in [0.05, 0.1) is 30.4 Å². The van der Waals surface area contributed by atoms with E-state index in [-0.39, 0.29) is 23.8 Å². The molecule has 3 N–H and O–H groups in total. The van der Waals surface area contributed by atoms with Crippen LogP contribution in [-0.2, 0) is 5.41 Å². The zero-order valence-corrected chi connectivity index (χ0v) is 20.0. The molecular formula is C27H23FN6O2. The summed E-state index contributed by atoms with van der Waals surface area (Å²) >= 11 is 0. The lowest BCUT2D eigenvalue weighted by Gasteiger charge is -2.27. The van der Waals surface area contributed by atoms with Crippen LogP contribution in [0.25, 0.3) is 38.6 Å². The second-order valence-electron chi connectivity index (χ2n) is 9.20. The van der Waals surface area contributed by atoms with Crippen molar-refractivity contribution in [3.8, 4) is 28.8 Å². The molecule has 1 amide bonds. The monoisotopic (exact) mass is 482 g/mol. The third-order valence-corrected chi connectivity index (χ3v) is 6.35. The fourth-order valence-electron chi connectivity index (χ4n) is 4.70. The van der Waals surface area contributed by atoms with E-state index in [0.717, 1.165) is 38.8 Å². The van der Waals surface area contributed by atoms with Crippen LogP contribution < -0.4 is 10.5 Å². The van der Waals surface area contributed by atoms with Crippen molar-refractivity contribution in [3.63, 3.8) is 0 Å². The maximum Gasteiger partial charge on any atom is 0.267 e. The van der Waals surface area contributed by atoms with Gasteiger partial charge in [-0.05, 0) is 48.5 Å². The minimum Gasteiger partial charge on any atom is -0.481 e. The number of pyridine rings is 1. The highest BCUT2D eigenvalue weighted by Gasteiger charge is 2.33. The molecule has 8 nitrogen and oxygen atoms in total. The van der Waals surface area contributed by atoms with Crippen LogP contribution in [0.15, 0.2) is 54.7 Å². The van der Waals surface area contributed by atoms with E-state index in [9.17, 15) is 14.4 Å². The molecule has 9 heteroatoms. The first kappa shape index (κ1) is 23.1. The number of nitrogens with zero attached hydrogens (tertiary/aromatic N) is 4. The summed E-state index contributed by atoms with van der Waals surface area (Å²) < 4.78 is 21.5. The number of ether oxygens (including phenoxy) is 1. The molecule has 0 aliphatic carbocycles. The van der Waals surface area contributed by atoms with Gasteiger partial charge in [-0.1, -0.05) is 13.8 Å². The summed E-state index contributed by atoms with van der Waals surface area (Å²) in [6.07, 6.45) is 1.95. The lowest BCUT2D eigenvalue weighted by Crippen LogP contribution is -2.22. The van der Waals surface area contributed by atoms with Crippen LogP contribution in [-0.4, -0.2) is 32.8 Å². The predicted octanol–water partition coefficient (Wildman–Crippen LogP) is 5.01. The Morgan fingerprint density at radius 2 is 1.97 bits per heavy atom. The van der Waals surface area contributed by atoms with E-state index in [2.05, 4.69) is 21.3 Å². The SMILES string of the molecule is COc1nc(C(N)=O)ccc1-c1c(C(C)(C)CC#N)n(-c2ccc(F)cc2)c2cc3cn[nH]c3cc12. The minimum atomic E-state index is -0.669. The number of amides is 1. The first-order valence-electron chi connectivity index (χ1n) is 11.3. The largest absolute Gasteiger partial charge is 0.481 e. The van der Waals surface area contributed by atoms with Gasteiger partial charge in [0, 0.05) is 45.1 Å². The van der Waals surface area contributed by atoms with Crippen molar-refractivity contribution in [1.82, 2.24) is 19.7 Å². The average Bonchev–Trinajstić information content (AvgIpc) is 3.44. The Morgan fingerprint density at radius 1 is 1.22 bits per heavy atom. The second kappa shape index (κ2) is 8.50. The smallest absolute Gasteiger partial charge is 0.267 e. The zero-order valence-electron chi connectivity index (χ0n) is 20.0. The molecule has 3 aromatic heterocycles. The Hall–Kier alpha value is -4.71. The van der Waals surface area contributed by atoms with Crippen molar-refractivity contribution in [3.05, 3.63) is 71.9 Å². The molecule has 180 valence electrons. The van der Waals surface area contributed by atoms with Gasteiger partial charge in [0.1, 0.15) is 11.5 Å². The van der Waals surface area contributed by atoms with Gasteiger partial charge < -0.3 is 15.0 Å². The van der Waals surface area contributed by atoms with Crippen molar-refractivity contribution in [2.24, 2.45) is 5.73 Å². The number of aromatic amines is 1. The Labute approximate surface area is 206 Å². The maximum atomic E-state index is 13.9. The number of benzene rings is 2. The molecule has 0 saturated heterocycles. The number of nitriles is 1. The van der Waals surface area contributed by atoms with Gasteiger partial charge in [-0.3, -0.25) is 9.89 Å². The Morgan fingerprint density at radius 3 is 2.64 bits per heavy atom. The highest BCUT2D eigenvalue weighted by Crippen LogP contribution is 2.47. The molecule has 0 unspecified atom stereocenters. The third-order valence-electron chi connectivity index (χ3n) is 6.35. The summed E-state index contributed by atoms with van der Waals surface area (Å²) in [5.41, 5.74) is 9.53. The fourth-order valence-corrected chi connectivity index (χ4v) is 4.70. The van der Waals surface area contributed by atoms with Gasteiger partial charge >= 0.3 is 0 Å². The van der Waals surface area contributed by atoms with Gasteiger partial charge in [-0.25, -0.2) is 9.37 Å². The van der Waals surface area contributed by atoms with Crippen LogP contribution in [0.1, 0.15) is 36.5 Å². The summed E-state index contributed by atoms with van der Waals surface area (Å²) in [7, 11) is 1.48. The van der Waals surface area contributed by atoms with Gasteiger partial charge in [0.15, 0.2) is 0 Å². The number of carbonyl (C=O) groups excluding carboxylic acids is 1. The van der Waals surface area contributed by atoms with Gasteiger partial charge in [-0.15, -0.1) is 0 Å². The predicted molar refractivity (Wildman–Crippen MR) is 134 cm³/mol. The normalized spacial score (nSPS) is 11.6. The first-order valence-corrected chi connectivity index (χ1v) is 11.3. The molecule has 0 fully saturated rings. The molecular weight excluding hydrogens is 459 g/mol. The molecule has 5 rings (SSSR count). The summed E-state index contributed by atoms with van der Waals surface area (Å²) in [6, 6.07) is 15.8. The number of nitrogens with one attached hydrogen (secondary N) is 1. The van der Waals surface area contributed by atoms with E-state index in [1.165, 1.54) is 19.2 Å². The molecule has 0 spiro atoms. The van der Waals surface area contributed by atoms with Crippen LogP contribution >= 0.6 is 0 Å². The molecule has 0 saturated carbocycles. The van der Waals surface area contributed by atoms with Crippen LogP contribution in [0.4, 0.5) is 4.39 Å².